The Morgan fingerprint density at radius 1 is 0.968 bits per heavy atom. The van der Waals surface area contributed by atoms with Gasteiger partial charge in [-0.05, 0) is 91.8 Å². The molecule has 2 aliphatic rings. The number of carbonyl (C=O) groups excluding carboxylic acids is 1. The van der Waals surface area contributed by atoms with Gasteiger partial charge in [-0.3, -0.25) is 4.99 Å². The second kappa shape index (κ2) is 15.1. The molecule has 1 saturated carbocycles. The summed E-state index contributed by atoms with van der Waals surface area (Å²) in [7, 11) is 1.83. The first-order valence-corrected chi connectivity index (χ1v) is 12.0. The van der Waals surface area contributed by atoms with E-state index in [4.69, 9.17) is 4.74 Å². The summed E-state index contributed by atoms with van der Waals surface area (Å²) in [6.45, 7) is 10.5. The van der Waals surface area contributed by atoms with Gasteiger partial charge in [-0.1, -0.05) is 12.8 Å². The molecule has 1 aliphatic carbocycles. The summed E-state index contributed by atoms with van der Waals surface area (Å²) in [6, 6.07) is 0.611. The van der Waals surface area contributed by atoms with Crippen LogP contribution in [0.4, 0.5) is 4.79 Å². The third-order valence-electron chi connectivity index (χ3n) is 5.90. The standard InChI is InChI=1S/C23H45N5O2.HI/c1-23(2,3)30-22(29)27-20-13-11-19(12-14-20)26-21(24-4)25-15-7-5-8-16-28-17-9-6-10-18-28;/h19-20H,5-18H2,1-4H3,(H,27,29)(H2,24,25,26);1H. The molecule has 182 valence electrons. The van der Waals surface area contributed by atoms with Gasteiger partial charge in [0.15, 0.2) is 5.96 Å². The number of hydrogen-bond donors (Lipinski definition) is 3. The molecule has 31 heavy (non-hydrogen) atoms. The average Bonchev–Trinajstić information content (AvgIpc) is 2.70. The van der Waals surface area contributed by atoms with Crippen LogP contribution in [0.2, 0.25) is 0 Å². The van der Waals surface area contributed by atoms with E-state index in [0.29, 0.717) is 6.04 Å². The van der Waals surface area contributed by atoms with Crippen molar-refractivity contribution in [2.75, 3.05) is 33.2 Å². The minimum absolute atomic E-state index is 0. The van der Waals surface area contributed by atoms with Gasteiger partial charge >= 0.3 is 6.09 Å². The van der Waals surface area contributed by atoms with E-state index in [1.807, 2.05) is 27.8 Å². The van der Waals surface area contributed by atoms with Crippen molar-refractivity contribution < 1.29 is 9.53 Å². The summed E-state index contributed by atoms with van der Waals surface area (Å²) in [5.41, 5.74) is -0.450. The number of guanidine groups is 1. The Labute approximate surface area is 206 Å². The minimum Gasteiger partial charge on any atom is -0.444 e. The number of nitrogens with one attached hydrogen (secondary N) is 3. The minimum atomic E-state index is -0.450. The number of unbranched alkanes of at least 4 members (excludes halogenated alkanes) is 2. The predicted octanol–water partition coefficient (Wildman–Crippen LogP) is 4.26. The predicted molar refractivity (Wildman–Crippen MR) is 139 cm³/mol. The molecule has 1 aliphatic heterocycles. The van der Waals surface area contributed by atoms with Crippen LogP contribution in [0, 0.1) is 0 Å². The van der Waals surface area contributed by atoms with Crippen LogP contribution >= 0.6 is 24.0 Å². The van der Waals surface area contributed by atoms with Crippen molar-refractivity contribution >= 4 is 36.0 Å². The molecule has 2 fully saturated rings. The van der Waals surface area contributed by atoms with Gasteiger partial charge in [-0.25, -0.2) is 4.79 Å². The van der Waals surface area contributed by atoms with E-state index < -0.39 is 5.60 Å². The number of alkyl carbamates (subject to hydrolysis) is 1. The van der Waals surface area contributed by atoms with Gasteiger partial charge in [0.05, 0.1) is 0 Å². The highest BCUT2D eigenvalue weighted by Gasteiger charge is 2.25. The number of ether oxygens (including phenoxy) is 1. The van der Waals surface area contributed by atoms with E-state index >= 15 is 0 Å². The van der Waals surface area contributed by atoms with Crippen molar-refractivity contribution in [3.05, 3.63) is 0 Å². The van der Waals surface area contributed by atoms with Crippen LogP contribution in [0.3, 0.4) is 0 Å². The summed E-state index contributed by atoms with van der Waals surface area (Å²) < 4.78 is 5.36. The fraction of sp³-hybridized carbons (Fsp3) is 0.913. The summed E-state index contributed by atoms with van der Waals surface area (Å²) in [5.74, 6) is 0.898. The van der Waals surface area contributed by atoms with Crippen LogP contribution in [0.15, 0.2) is 4.99 Å². The molecule has 0 spiro atoms. The van der Waals surface area contributed by atoms with E-state index in [-0.39, 0.29) is 36.1 Å². The average molecular weight is 552 g/mol. The fourth-order valence-corrected chi connectivity index (χ4v) is 4.27. The first-order chi connectivity index (χ1) is 14.4. The zero-order valence-corrected chi connectivity index (χ0v) is 22.5. The van der Waals surface area contributed by atoms with E-state index in [0.717, 1.165) is 38.2 Å². The molecule has 1 heterocycles. The first kappa shape index (κ1) is 28.3. The van der Waals surface area contributed by atoms with Gasteiger partial charge in [0.1, 0.15) is 5.60 Å². The molecule has 0 unspecified atom stereocenters. The molecule has 0 bridgehead atoms. The Morgan fingerprint density at radius 3 is 2.16 bits per heavy atom. The third kappa shape index (κ3) is 12.7. The molecular weight excluding hydrogens is 505 g/mol. The van der Waals surface area contributed by atoms with E-state index in [1.165, 1.54) is 58.2 Å². The van der Waals surface area contributed by atoms with Crippen molar-refractivity contribution in [1.29, 1.82) is 0 Å². The zero-order valence-electron chi connectivity index (χ0n) is 20.2. The van der Waals surface area contributed by atoms with Crippen molar-refractivity contribution in [1.82, 2.24) is 20.9 Å². The number of carbonyl (C=O) groups is 1. The number of rotatable bonds is 8. The van der Waals surface area contributed by atoms with Gasteiger partial charge in [0.2, 0.25) is 0 Å². The number of likely N-dealkylation sites (tertiary alicyclic amines) is 1. The molecular formula is C23H46IN5O2. The van der Waals surface area contributed by atoms with Gasteiger partial charge in [-0.2, -0.15) is 0 Å². The van der Waals surface area contributed by atoms with Crippen molar-refractivity contribution in [2.45, 2.75) is 103 Å². The highest BCUT2D eigenvalue weighted by atomic mass is 127. The van der Waals surface area contributed by atoms with E-state index in [2.05, 4.69) is 25.8 Å². The van der Waals surface area contributed by atoms with Gasteiger partial charge in [0, 0.05) is 25.7 Å². The second-order valence-corrected chi connectivity index (χ2v) is 9.80. The lowest BCUT2D eigenvalue weighted by Crippen LogP contribution is -2.48. The quantitative estimate of drug-likeness (QED) is 0.182. The SMILES string of the molecule is CN=C(NCCCCCN1CCCCC1)NC1CCC(NC(=O)OC(C)(C)C)CC1.I. The van der Waals surface area contributed by atoms with E-state index in [9.17, 15) is 4.79 Å². The van der Waals surface area contributed by atoms with Crippen LogP contribution in [-0.2, 0) is 4.74 Å². The van der Waals surface area contributed by atoms with Crippen molar-refractivity contribution in [2.24, 2.45) is 4.99 Å². The van der Waals surface area contributed by atoms with Gasteiger partial charge in [0.25, 0.3) is 0 Å². The smallest absolute Gasteiger partial charge is 0.407 e. The lowest BCUT2D eigenvalue weighted by atomic mass is 9.91. The highest BCUT2D eigenvalue weighted by molar-refractivity contribution is 14.0. The lowest BCUT2D eigenvalue weighted by molar-refractivity contribution is 0.0490. The van der Waals surface area contributed by atoms with Crippen LogP contribution in [0.5, 0.6) is 0 Å². The maximum Gasteiger partial charge on any atom is 0.407 e. The molecule has 0 aromatic heterocycles. The Kier molecular flexibility index (Phi) is 13.8. The summed E-state index contributed by atoms with van der Waals surface area (Å²) in [4.78, 5) is 18.9. The highest BCUT2D eigenvalue weighted by Crippen LogP contribution is 2.19. The summed E-state index contributed by atoms with van der Waals surface area (Å²) in [5, 5.41) is 10.0. The van der Waals surface area contributed by atoms with Crippen LogP contribution in [0.1, 0.15) is 85.0 Å². The van der Waals surface area contributed by atoms with Gasteiger partial charge in [-0.15, -0.1) is 24.0 Å². The lowest BCUT2D eigenvalue weighted by Gasteiger charge is -2.31. The van der Waals surface area contributed by atoms with Crippen LogP contribution < -0.4 is 16.0 Å². The summed E-state index contributed by atoms with van der Waals surface area (Å²) in [6.07, 6.45) is 11.6. The molecule has 2 rings (SSSR count). The van der Waals surface area contributed by atoms with Gasteiger partial charge < -0.3 is 25.6 Å². The molecule has 7 nitrogen and oxygen atoms in total. The maximum absolute atomic E-state index is 11.9. The Bertz CT molecular complexity index is 525. The molecule has 0 aromatic rings. The van der Waals surface area contributed by atoms with Crippen molar-refractivity contribution in [3.8, 4) is 0 Å². The molecule has 1 amide bonds. The molecule has 3 N–H and O–H groups in total. The monoisotopic (exact) mass is 551 g/mol. The van der Waals surface area contributed by atoms with E-state index in [1.54, 1.807) is 0 Å². The first-order valence-electron chi connectivity index (χ1n) is 12.0. The number of aliphatic imine (C=N–C) groups is 1. The number of halogens is 1. The topological polar surface area (TPSA) is 78.0 Å². The maximum atomic E-state index is 11.9. The second-order valence-electron chi connectivity index (χ2n) is 9.80. The van der Waals surface area contributed by atoms with Crippen molar-refractivity contribution in [3.63, 3.8) is 0 Å². The van der Waals surface area contributed by atoms with Crippen LogP contribution in [-0.4, -0.2) is 67.9 Å². The molecule has 0 atom stereocenters. The molecule has 0 aromatic carbocycles. The summed E-state index contributed by atoms with van der Waals surface area (Å²) >= 11 is 0. The van der Waals surface area contributed by atoms with Crippen LogP contribution in [0.25, 0.3) is 0 Å². The number of hydrogen-bond acceptors (Lipinski definition) is 4. The zero-order chi connectivity index (χ0) is 21.8. The Morgan fingerprint density at radius 2 is 1.58 bits per heavy atom. The Balaban J connectivity index is 0.00000480. The number of amides is 1. The third-order valence-corrected chi connectivity index (χ3v) is 5.90. The number of nitrogens with zero attached hydrogens (tertiary/aromatic N) is 2. The number of piperidine rings is 1. The molecule has 1 saturated heterocycles. The Hall–Kier alpha value is -0.770. The largest absolute Gasteiger partial charge is 0.444 e. The fourth-order valence-electron chi connectivity index (χ4n) is 4.27. The molecule has 0 radical (unpaired) electrons. The normalized spacial score (nSPS) is 22.9. The molecule has 8 heteroatoms.